The number of methoxy groups -OCH3 is 1. The number of ether oxygens (including phenoxy) is 2. The Kier molecular flexibility index (Phi) is 6.72. The van der Waals surface area contributed by atoms with Crippen LogP contribution in [-0.2, 0) is 35.5 Å². The Morgan fingerprint density at radius 2 is 1.86 bits per heavy atom. The van der Waals surface area contributed by atoms with Gasteiger partial charge in [-0.3, -0.25) is 4.79 Å². The normalized spacial score (nSPS) is 15.4. The molecule has 2 amide bonds. The molecule has 0 fully saturated rings. The Balaban J connectivity index is 1.46. The van der Waals surface area contributed by atoms with Crippen LogP contribution in [0.25, 0.3) is 5.69 Å². The van der Waals surface area contributed by atoms with Crippen molar-refractivity contribution in [2.45, 2.75) is 52.4 Å². The summed E-state index contributed by atoms with van der Waals surface area (Å²) in [5.74, 6) is -0.129. The van der Waals surface area contributed by atoms with Crippen molar-refractivity contribution in [3.05, 3.63) is 75.6 Å². The van der Waals surface area contributed by atoms with Crippen LogP contribution in [0.5, 0.6) is 0 Å². The second kappa shape index (κ2) is 9.84. The molecule has 0 saturated carbocycles. The van der Waals surface area contributed by atoms with Crippen LogP contribution in [0.1, 0.15) is 53.6 Å². The molecule has 37 heavy (non-hydrogen) atoms. The average molecular weight is 523 g/mol. The number of nitrogens with zero attached hydrogens (tertiary/aromatic N) is 4. The number of aromatic nitrogens is 2. The molecule has 0 unspecified atom stereocenters. The highest BCUT2D eigenvalue weighted by Crippen LogP contribution is 2.32. The predicted octanol–water partition coefficient (Wildman–Crippen LogP) is 5.17. The summed E-state index contributed by atoms with van der Waals surface area (Å²) in [5, 5.41) is 5.30. The van der Waals surface area contributed by atoms with Crippen LogP contribution in [0.4, 0.5) is 10.5 Å². The summed E-state index contributed by atoms with van der Waals surface area (Å²) in [7, 11) is 1.62. The van der Waals surface area contributed by atoms with Crippen molar-refractivity contribution in [2.75, 3.05) is 25.1 Å². The standard InChI is InChI=1S/C28H31ClN4O4/c1-28(2,3)37-27(35)31-12-10-18-8-9-21(14-19(18)16-31)32-13-11-23-24(17-36-4)30-33(25(23)26(32)34)22-7-5-6-20(29)15-22/h5-9,14-15H,10-13,16-17H2,1-4H3. The van der Waals surface area contributed by atoms with Gasteiger partial charge in [0.25, 0.3) is 5.91 Å². The van der Waals surface area contributed by atoms with E-state index in [1.807, 2.05) is 45.0 Å². The van der Waals surface area contributed by atoms with Crippen molar-refractivity contribution in [2.24, 2.45) is 0 Å². The smallest absolute Gasteiger partial charge is 0.410 e. The highest BCUT2D eigenvalue weighted by molar-refractivity contribution is 6.30. The summed E-state index contributed by atoms with van der Waals surface area (Å²) >= 11 is 6.25. The van der Waals surface area contributed by atoms with Gasteiger partial charge in [0.2, 0.25) is 0 Å². The first-order chi connectivity index (χ1) is 17.6. The van der Waals surface area contributed by atoms with Crippen molar-refractivity contribution in [3.8, 4) is 5.69 Å². The maximum atomic E-state index is 13.9. The van der Waals surface area contributed by atoms with E-state index in [1.165, 1.54) is 5.56 Å². The van der Waals surface area contributed by atoms with Gasteiger partial charge < -0.3 is 19.3 Å². The van der Waals surface area contributed by atoms with Gasteiger partial charge in [0.15, 0.2) is 0 Å². The summed E-state index contributed by atoms with van der Waals surface area (Å²) in [6.07, 6.45) is 1.08. The van der Waals surface area contributed by atoms with Gasteiger partial charge in [0, 0.05) is 43.0 Å². The zero-order chi connectivity index (χ0) is 26.3. The van der Waals surface area contributed by atoms with Gasteiger partial charge >= 0.3 is 6.09 Å². The Labute approximate surface area is 221 Å². The second-order valence-electron chi connectivity index (χ2n) is 10.4. The fraction of sp³-hybridized carbons (Fsp3) is 0.393. The van der Waals surface area contributed by atoms with Crippen molar-refractivity contribution < 1.29 is 19.1 Å². The quantitative estimate of drug-likeness (QED) is 0.472. The zero-order valence-electron chi connectivity index (χ0n) is 21.6. The topological polar surface area (TPSA) is 76.9 Å². The van der Waals surface area contributed by atoms with Crippen molar-refractivity contribution >= 4 is 29.3 Å². The molecule has 0 saturated heterocycles. The Morgan fingerprint density at radius 1 is 1.05 bits per heavy atom. The Morgan fingerprint density at radius 3 is 2.59 bits per heavy atom. The molecule has 8 nitrogen and oxygen atoms in total. The fourth-order valence-electron chi connectivity index (χ4n) is 4.92. The molecule has 0 spiro atoms. The van der Waals surface area contributed by atoms with Gasteiger partial charge in [-0.25, -0.2) is 9.48 Å². The van der Waals surface area contributed by atoms with Crippen LogP contribution in [0.2, 0.25) is 5.02 Å². The molecule has 2 aliphatic rings. The van der Waals surface area contributed by atoms with E-state index in [1.54, 1.807) is 33.7 Å². The minimum atomic E-state index is -0.551. The Hall–Kier alpha value is -3.36. The van der Waals surface area contributed by atoms with E-state index < -0.39 is 5.60 Å². The summed E-state index contributed by atoms with van der Waals surface area (Å²) in [6, 6.07) is 13.4. The van der Waals surface area contributed by atoms with Gasteiger partial charge in [0.05, 0.1) is 18.0 Å². The molecular formula is C28H31ClN4O4. The van der Waals surface area contributed by atoms with Crippen molar-refractivity contribution in [1.82, 2.24) is 14.7 Å². The van der Waals surface area contributed by atoms with Gasteiger partial charge in [-0.15, -0.1) is 0 Å². The molecule has 2 aromatic carbocycles. The van der Waals surface area contributed by atoms with Gasteiger partial charge in [-0.2, -0.15) is 5.10 Å². The molecule has 1 aromatic heterocycles. The molecule has 3 heterocycles. The molecule has 0 radical (unpaired) electrons. The van der Waals surface area contributed by atoms with Crippen LogP contribution >= 0.6 is 11.6 Å². The molecule has 9 heteroatoms. The van der Waals surface area contributed by atoms with E-state index in [-0.39, 0.29) is 12.0 Å². The fourth-order valence-corrected chi connectivity index (χ4v) is 5.10. The van der Waals surface area contributed by atoms with E-state index in [4.69, 9.17) is 26.2 Å². The monoisotopic (exact) mass is 522 g/mol. The van der Waals surface area contributed by atoms with Crippen LogP contribution in [-0.4, -0.2) is 52.5 Å². The molecule has 2 aliphatic heterocycles. The van der Waals surface area contributed by atoms with E-state index in [9.17, 15) is 9.59 Å². The van der Waals surface area contributed by atoms with Crippen molar-refractivity contribution in [3.63, 3.8) is 0 Å². The molecular weight excluding hydrogens is 492 g/mol. The first-order valence-electron chi connectivity index (χ1n) is 12.4. The number of benzene rings is 2. The average Bonchev–Trinajstić information content (AvgIpc) is 3.22. The number of carbonyl (C=O) groups excluding carboxylic acids is 2. The lowest BCUT2D eigenvalue weighted by molar-refractivity contribution is 0.0224. The molecule has 0 atom stereocenters. The molecule has 0 bridgehead atoms. The molecule has 3 aromatic rings. The highest BCUT2D eigenvalue weighted by Gasteiger charge is 2.34. The molecule has 0 aliphatic carbocycles. The van der Waals surface area contributed by atoms with Crippen LogP contribution in [0.15, 0.2) is 42.5 Å². The van der Waals surface area contributed by atoms with E-state index in [0.29, 0.717) is 43.4 Å². The summed E-state index contributed by atoms with van der Waals surface area (Å²) < 4.78 is 12.6. The SMILES string of the molecule is COCc1nn(-c2cccc(Cl)c2)c2c1CCN(c1ccc3c(c1)CN(C(=O)OC(C)(C)C)CC3)C2=O. The number of halogens is 1. The third-order valence-electron chi connectivity index (χ3n) is 6.60. The van der Waals surface area contributed by atoms with E-state index >= 15 is 0 Å². The lowest BCUT2D eigenvalue weighted by Crippen LogP contribution is -2.41. The molecule has 0 N–H and O–H groups in total. The Bertz CT molecular complexity index is 1360. The van der Waals surface area contributed by atoms with Crippen molar-refractivity contribution in [1.29, 1.82) is 0 Å². The highest BCUT2D eigenvalue weighted by atomic mass is 35.5. The third kappa shape index (κ3) is 5.08. The number of hydrogen-bond acceptors (Lipinski definition) is 5. The second-order valence-corrected chi connectivity index (χ2v) is 10.8. The summed E-state index contributed by atoms with van der Waals surface area (Å²) in [5.41, 5.74) is 5.35. The maximum absolute atomic E-state index is 13.9. The summed E-state index contributed by atoms with van der Waals surface area (Å²) in [4.78, 5) is 30.1. The van der Waals surface area contributed by atoms with Gasteiger partial charge in [-0.05, 0) is 75.1 Å². The zero-order valence-corrected chi connectivity index (χ0v) is 22.3. The number of rotatable bonds is 4. The number of fused-ring (bicyclic) bond motifs is 2. The first kappa shape index (κ1) is 25.3. The largest absolute Gasteiger partial charge is 0.444 e. The molecule has 5 rings (SSSR count). The van der Waals surface area contributed by atoms with Gasteiger partial charge in [-0.1, -0.05) is 23.7 Å². The van der Waals surface area contributed by atoms with E-state index in [2.05, 4.69) is 6.07 Å². The van der Waals surface area contributed by atoms with Crippen LogP contribution in [0.3, 0.4) is 0 Å². The molecule has 194 valence electrons. The first-order valence-corrected chi connectivity index (χ1v) is 12.8. The summed E-state index contributed by atoms with van der Waals surface area (Å²) in [6.45, 7) is 7.49. The minimum absolute atomic E-state index is 0.129. The minimum Gasteiger partial charge on any atom is -0.444 e. The van der Waals surface area contributed by atoms with E-state index in [0.717, 1.165) is 34.6 Å². The van der Waals surface area contributed by atoms with Crippen LogP contribution in [0, 0.1) is 0 Å². The predicted molar refractivity (Wildman–Crippen MR) is 141 cm³/mol. The maximum Gasteiger partial charge on any atom is 0.410 e. The lowest BCUT2D eigenvalue weighted by atomic mass is 9.97. The van der Waals surface area contributed by atoms with Crippen LogP contribution < -0.4 is 4.90 Å². The van der Waals surface area contributed by atoms with Gasteiger partial charge in [0.1, 0.15) is 11.3 Å². The third-order valence-corrected chi connectivity index (χ3v) is 6.83. The number of hydrogen-bond donors (Lipinski definition) is 0. The lowest BCUT2D eigenvalue weighted by Gasteiger charge is -2.33. The number of anilines is 1. The number of amides is 2. The number of carbonyl (C=O) groups is 2.